The van der Waals surface area contributed by atoms with E-state index in [0.29, 0.717) is 11.8 Å². The monoisotopic (exact) mass is 238 g/mol. The van der Waals surface area contributed by atoms with Crippen molar-refractivity contribution >= 4 is 0 Å². The average molecular weight is 238 g/mol. The molecule has 5 heteroatoms. The third-order valence-corrected chi connectivity index (χ3v) is 2.51. The zero-order valence-corrected chi connectivity index (χ0v) is 9.74. The van der Waals surface area contributed by atoms with E-state index in [1.165, 1.54) is 0 Å². The van der Waals surface area contributed by atoms with Gasteiger partial charge >= 0.3 is 0 Å². The summed E-state index contributed by atoms with van der Waals surface area (Å²) in [6, 6.07) is 5.82. The van der Waals surface area contributed by atoms with Crippen molar-refractivity contribution in [2.75, 3.05) is 0 Å². The van der Waals surface area contributed by atoms with Gasteiger partial charge in [-0.3, -0.25) is 9.97 Å². The summed E-state index contributed by atoms with van der Waals surface area (Å²) >= 11 is 0. The molecule has 88 valence electrons. The molecule has 0 saturated carbocycles. The van der Waals surface area contributed by atoms with Gasteiger partial charge in [0, 0.05) is 42.8 Å². The lowest BCUT2D eigenvalue weighted by atomic mass is 10.1. The van der Waals surface area contributed by atoms with E-state index in [1.807, 2.05) is 18.2 Å². The Morgan fingerprint density at radius 1 is 0.944 bits per heavy atom. The summed E-state index contributed by atoms with van der Waals surface area (Å²) in [6.45, 7) is 1.76. The summed E-state index contributed by atoms with van der Waals surface area (Å²) in [6.07, 6.45) is 7.01. The maximum Gasteiger partial charge on any atom is 0.249 e. The highest BCUT2D eigenvalue weighted by Gasteiger charge is 2.07. The molecular weight excluding hydrogens is 228 g/mol. The summed E-state index contributed by atoms with van der Waals surface area (Å²) in [5, 5.41) is 7.79. The predicted molar refractivity (Wildman–Crippen MR) is 65.5 cm³/mol. The van der Waals surface area contributed by atoms with Crippen LogP contribution in [0.3, 0.4) is 0 Å². The van der Waals surface area contributed by atoms with Gasteiger partial charge < -0.3 is 4.42 Å². The molecule has 0 bridgehead atoms. The summed E-state index contributed by atoms with van der Waals surface area (Å²) in [4.78, 5) is 8.28. The fourth-order valence-corrected chi connectivity index (χ4v) is 1.66. The molecule has 18 heavy (non-hydrogen) atoms. The van der Waals surface area contributed by atoms with Gasteiger partial charge in [0.1, 0.15) is 0 Å². The number of aromatic nitrogens is 4. The lowest BCUT2D eigenvalue weighted by Crippen LogP contribution is -1.85. The van der Waals surface area contributed by atoms with Crippen LogP contribution >= 0.6 is 0 Å². The van der Waals surface area contributed by atoms with E-state index in [-0.39, 0.29) is 0 Å². The zero-order chi connectivity index (χ0) is 12.4. The maximum atomic E-state index is 5.38. The summed E-state index contributed by atoms with van der Waals surface area (Å²) in [7, 11) is 0. The van der Waals surface area contributed by atoms with Crippen LogP contribution in [0.15, 0.2) is 47.4 Å². The first-order valence-corrected chi connectivity index (χ1v) is 5.49. The van der Waals surface area contributed by atoms with Crippen LogP contribution in [0.25, 0.3) is 22.6 Å². The highest BCUT2D eigenvalue weighted by molar-refractivity contribution is 5.67. The quantitative estimate of drug-likeness (QED) is 0.686. The Morgan fingerprint density at radius 2 is 1.78 bits per heavy atom. The molecule has 0 N–H and O–H groups in total. The van der Waals surface area contributed by atoms with Crippen LogP contribution < -0.4 is 0 Å². The summed E-state index contributed by atoms with van der Waals surface area (Å²) in [5.74, 6) is 1.02. The van der Waals surface area contributed by atoms with Gasteiger partial charge in [-0.25, -0.2) is 0 Å². The predicted octanol–water partition coefficient (Wildman–Crippen LogP) is 2.50. The largest absolute Gasteiger partial charge is 0.421 e. The van der Waals surface area contributed by atoms with E-state index in [0.717, 1.165) is 16.7 Å². The van der Waals surface area contributed by atoms with Gasteiger partial charge in [0.2, 0.25) is 11.8 Å². The first kappa shape index (κ1) is 10.6. The van der Waals surface area contributed by atoms with Crippen molar-refractivity contribution in [1.29, 1.82) is 0 Å². The van der Waals surface area contributed by atoms with Crippen LogP contribution in [0.2, 0.25) is 0 Å². The van der Waals surface area contributed by atoms with Crippen molar-refractivity contribution in [2.24, 2.45) is 0 Å². The minimum atomic E-state index is 0.478. The maximum absolute atomic E-state index is 5.38. The molecule has 0 unspecified atom stereocenters. The van der Waals surface area contributed by atoms with Crippen LogP contribution in [0.1, 0.15) is 5.89 Å². The van der Waals surface area contributed by atoms with Crippen LogP contribution in [0, 0.1) is 6.92 Å². The molecule has 3 rings (SSSR count). The number of aryl methyl sites for hydroxylation is 1. The van der Waals surface area contributed by atoms with Crippen LogP contribution in [0.4, 0.5) is 0 Å². The number of hydrogen-bond donors (Lipinski definition) is 0. The number of nitrogens with zero attached hydrogens (tertiary/aromatic N) is 4. The molecule has 3 heterocycles. The smallest absolute Gasteiger partial charge is 0.249 e. The van der Waals surface area contributed by atoms with Crippen molar-refractivity contribution in [3.8, 4) is 22.6 Å². The Hall–Kier alpha value is -2.56. The highest BCUT2D eigenvalue weighted by atomic mass is 16.4. The van der Waals surface area contributed by atoms with Crippen molar-refractivity contribution in [3.63, 3.8) is 0 Å². The number of pyridine rings is 2. The molecule has 0 atom stereocenters. The molecule has 0 amide bonds. The molecule has 0 aliphatic carbocycles. The Bertz CT molecular complexity index is 664. The van der Waals surface area contributed by atoms with E-state index in [4.69, 9.17) is 4.42 Å². The Balaban J connectivity index is 2.05. The van der Waals surface area contributed by atoms with Gasteiger partial charge in [0.25, 0.3) is 0 Å². The second-order valence-electron chi connectivity index (χ2n) is 3.83. The normalized spacial score (nSPS) is 10.5. The third kappa shape index (κ3) is 1.98. The zero-order valence-electron chi connectivity index (χ0n) is 9.74. The van der Waals surface area contributed by atoms with Gasteiger partial charge in [-0.1, -0.05) is 6.07 Å². The molecule has 0 fully saturated rings. The standard InChI is InChI=1S/C13H10N4O/c1-9-16-17-13(18-9)12-5-11(7-15-8-12)10-3-2-4-14-6-10/h2-8H,1H3. The molecule has 3 aromatic heterocycles. The second kappa shape index (κ2) is 4.37. The first-order chi connectivity index (χ1) is 8.83. The Kier molecular flexibility index (Phi) is 2.57. The number of rotatable bonds is 2. The lowest BCUT2D eigenvalue weighted by Gasteiger charge is -2.01. The van der Waals surface area contributed by atoms with Gasteiger partial charge in [-0.15, -0.1) is 10.2 Å². The fourth-order valence-electron chi connectivity index (χ4n) is 1.66. The Morgan fingerprint density at radius 3 is 2.50 bits per heavy atom. The van der Waals surface area contributed by atoms with Gasteiger partial charge in [-0.2, -0.15) is 0 Å². The third-order valence-electron chi connectivity index (χ3n) is 2.51. The van der Waals surface area contributed by atoms with E-state index >= 15 is 0 Å². The lowest BCUT2D eigenvalue weighted by molar-refractivity contribution is 0.532. The number of hydrogen-bond acceptors (Lipinski definition) is 5. The first-order valence-electron chi connectivity index (χ1n) is 5.49. The fraction of sp³-hybridized carbons (Fsp3) is 0.0769. The summed E-state index contributed by atoms with van der Waals surface area (Å²) in [5.41, 5.74) is 2.77. The van der Waals surface area contributed by atoms with Crippen LogP contribution in [0.5, 0.6) is 0 Å². The van der Waals surface area contributed by atoms with Gasteiger partial charge in [0.15, 0.2) is 0 Å². The summed E-state index contributed by atoms with van der Waals surface area (Å²) < 4.78 is 5.38. The van der Waals surface area contributed by atoms with E-state index < -0.39 is 0 Å². The van der Waals surface area contributed by atoms with Crippen LogP contribution in [-0.2, 0) is 0 Å². The van der Waals surface area contributed by atoms with E-state index in [9.17, 15) is 0 Å². The molecule has 3 aromatic rings. The molecule has 0 aromatic carbocycles. The highest BCUT2D eigenvalue weighted by Crippen LogP contribution is 2.23. The van der Waals surface area contributed by atoms with Crippen molar-refractivity contribution in [3.05, 3.63) is 48.9 Å². The molecule has 0 saturated heterocycles. The van der Waals surface area contributed by atoms with Crippen LogP contribution in [-0.4, -0.2) is 20.2 Å². The van der Waals surface area contributed by atoms with Gasteiger partial charge in [-0.05, 0) is 12.1 Å². The molecule has 5 nitrogen and oxygen atoms in total. The van der Waals surface area contributed by atoms with E-state index in [1.54, 1.807) is 31.7 Å². The molecule has 0 aliphatic heterocycles. The van der Waals surface area contributed by atoms with Crippen molar-refractivity contribution < 1.29 is 4.42 Å². The average Bonchev–Trinajstić information content (AvgIpc) is 2.87. The molecule has 0 spiro atoms. The van der Waals surface area contributed by atoms with E-state index in [2.05, 4.69) is 20.2 Å². The topological polar surface area (TPSA) is 64.7 Å². The van der Waals surface area contributed by atoms with Gasteiger partial charge in [0.05, 0.1) is 5.56 Å². The molecular formula is C13H10N4O. The minimum absolute atomic E-state index is 0.478. The van der Waals surface area contributed by atoms with Crippen molar-refractivity contribution in [1.82, 2.24) is 20.2 Å². The SMILES string of the molecule is Cc1nnc(-c2cncc(-c3cccnc3)c2)o1. The minimum Gasteiger partial charge on any atom is -0.421 e. The Labute approximate surface area is 104 Å². The molecule has 0 radical (unpaired) electrons. The molecule has 0 aliphatic rings. The second-order valence-corrected chi connectivity index (χ2v) is 3.83. The van der Waals surface area contributed by atoms with Crippen molar-refractivity contribution in [2.45, 2.75) is 6.92 Å².